The molecular formula is C15H18N4O3S2. The van der Waals surface area contributed by atoms with Crippen LogP contribution in [0.1, 0.15) is 23.2 Å². The van der Waals surface area contributed by atoms with Crippen LogP contribution in [0.2, 0.25) is 0 Å². The quantitative estimate of drug-likeness (QED) is 0.722. The number of nitrogens with zero attached hydrogens (tertiary/aromatic N) is 3. The van der Waals surface area contributed by atoms with Gasteiger partial charge in [-0.05, 0) is 31.0 Å². The van der Waals surface area contributed by atoms with Gasteiger partial charge in [-0.25, -0.2) is 18.1 Å². The number of aryl methyl sites for hydroxylation is 2. The smallest absolute Gasteiger partial charge is 0.260 e. The lowest BCUT2D eigenvalue weighted by atomic mass is 10.2. The maximum atomic E-state index is 12.7. The second-order valence-electron chi connectivity index (χ2n) is 5.22. The lowest BCUT2D eigenvalue weighted by Crippen LogP contribution is -2.25. The van der Waals surface area contributed by atoms with E-state index in [9.17, 15) is 8.42 Å². The van der Waals surface area contributed by atoms with Crippen LogP contribution >= 0.6 is 11.3 Å². The first-order chi connectivity index (χ1) is 11.4. The minimum Gasteiger partial charge on any atom is -0.497 e. The summed E-state index contributed by atoms with van der Waals surface area (Å²) in [7, 11) is -2.13. The molecular weight excluding hydrogens is 348 g/mol. The van der Waals surface area contributed by atoms with Crippen molar-refractivity contribution in [1.29, 1.82) is 0 Å². The highest BCUT2D eigenvalue weighted by atomic mass is 32.2. The third-order valence-electron chi connectivity index (χ3n) is 3.55. The van der Waals surface area contributed by atoms with E-state index >= 15 is 0 Å². The van der Waals surface area contributed by atoms with Gasteiger partial charge in [0.15, 0.2) is 5.03 Å². The zero-order valence-electron chi connectivity index (χ0n) is 13.6. The van der Waals surface area contributed by atoms with E-state index in [0.29, 0.717) is 10.7 Å². The van der Waals surface area contributed by atoms with Gasteiger partial charge in [-0.2, -0.15) is 9.61 Å². The fourth-order valence-electron chi connectivity index (χ4n) is 2.31. The first-order valence-electron chi connectivity index (χ1n) is 7.42. The average molecular weight is 366 g/mol. The van der Waals surface area contributed by atoms with Crippen molar-refractivity contribution >= 4 is 26.3 Å². The number of ether oxygens (including phenoxy) is 1. The third-order valence-corrected chi connectivity index (χ3v) is 6.10. The molecule has 2 aromatic heterocycles. The molecule has 0 atom stereocenters. The Morgan fingerprint density at radius 2 is 2.00 bits per heavy atom. The molecule has 0 unspecified atom stereocenters. The Morgan fingerprint density at radius 3 is 2.62 bits per heavy atom. The predicted molar refractivity (Wildman–Crippen MR) is 92.0 cm³/mol. The van der Waals surface area contributed by atoms with Crippen molar-refractivity contribution in [2.45, 2.75) is 31.8 Å². The van der Waals surface area contributed by atoms with E-state index < -0.39 is 10.0 Å². The van der Waals surface area contributed by atoms with E-state index in [2.05, 4.69) is 14.8 Å². The van der Waals surface area contributed by atoms with E-state index in [1.807, 2.05) is 19.1 Å². The summed E-state index contributed by atoms with van der Waals surface area (Å²) in [6.07, 6.45) is 0.742. The molecule has 0 saturated heterocycles. The Labute approximate surface area is 144 Å². The predicted octanol–water partition coefficient (Wildman–Crippen LogP) is 2.15. The van der Waals surface area contributed by atoms with Crippen molar-refractivity contribution in [3.05, 3.63) is 40.5 Å². The number of methoxy groups -OCH3 is 1. The highest BCUT2D eigenvalue weighted by Crippen LogP contribution is 2.22. The van der Waals surface area contributed by atoms with Gasteiger partial charge in [0.1, 0.15) is 10.8 Å². The molecule has 24 heavy (non-hydrogen) atoms. The molecule has 2 heterocycles. The molecule has 128 valence electrons. The van der Waals surface area contributed by atoms with E-state index in [1.165, 1.54) is 15.9 Å². The molecule has 3 aromatic rings. The second-order valence-corrected chi connectivity index (χ2v) is 7.94. The van der Waals surface area contributed by atoms with Gasteiger partial charge in [-0.15, -0.1) is 0 Å². The standard InChI is InChI=1S/C15H18N4O3S2/c1-4-13-18-19-14(10(2)17-15(19)23-13)24(20,21)16-9-11-5-7-12(22-3)8-6-11/h5-8,16H,4,9H2,1-3H3. The summed E-state index contributed by atoms with van der Waals surface area (Å²) < 4.78 is 34.5. The van der Waals surface area contributed by atoms with Crippen molar-refractivity contribution in [2.75, 3.05) is 7.11 Å². The molecule has 0 fully saturated rings. The van der Waals surface area contributed by atoms with Crippen LogP contribution in [-0.4, -0.2) is 30.1 Å². The molecule has 0 saturated carbocycles. The van der Waals surface area contributed by atoms with Gasteiger partial charge in [0, 0.05) is 6.54 Å². The van der Waals surface area contributed by atoms with E-state index in [-0.39, 0.29) is 11.6 Å². The van der Waals surface area contributed by atoms with E-state index in [0.717, 1.165) is 22.7 Å². The molecule has 0 spiro atoms. The molecule has 0 amide bonds. The summed E-state index contributed by atoms with van der Waals surface area (Å²) >= 11 is 1.40. The van der Waals surface area contributed by atoms with Crippen LogP contribution in [0.4, 0.5) is 0 Å². The highest BCUT2D eigenvalue weighted by molar-refractivity contribution is 7.89. The van der Waals surface area contributed by atoms with Crippen LogP contribution < -0.4 is 9.46 Å². The monoisotopic (exact) mass is 366 g/mol. The van der Waals surface area contributed by atoms with Crippen LogP contribution in [0.15, 0.2) is 29.3 Å². The van der Waals surface area contributed by atoms with Crippen molar-refractivity contribution in [2.24, 2.45) is 0 Å². The number of hydrogen-bond donors (Lipinski definition) is 1. The fraction of sp³-hybridized carbons (Fsp3) is 0.333. The number of nitrogens with one attached hydrogen (secondary N) is 1. The van der Waals surface area contributed by atoms with Gasteiger partial charge in [-0.1, -0.05) is 30.4 Å². The summed E-state index contributed by atoms with van der Waals surface area (Å²) in [5.74, 6) is 0.726. The molecule has 3 rings (SSSR count). The van der Waals surface area contributed by atoms with Crippen molar-refractivity contribution in [3.8, 4) is 5.75 Å². The first-order valence-corrected chi connectivity index (χ1v) is 9.72. The number of fused-ring (bicyclic) bond motifs is 1. The van der Waals surface area contributed by atoms with Crippen LogP contribution in [0.25, 0.3) is 4.96 Å². The number of aromatic nitrogens is 3. The summed E-state index contributed by atoms with van der Waals surface area (Å²) in [4.78, 5) is 4.90. The van der Waals surface area contributed by atoms with Gasteiger partial charge in [0.05, 0.1) is 12.8 Å². The summed E-state index contributed by atoms with van der Waals surface area (Å²) in [6.45, 7) is 3.83. The SMILES string of the molecule is CCc1nn2c(S(=O)(=O)NCc3ccc(OC)cc3)c(C)nc2s1. The minimum atomic E-state index is -3.72. The number of rotatable bonds is 6. The van der Waals surface area contributed by atoms with Gasteiger partial charge in [-0.3, -0.25) is 0 Å². The first kappa shape index (κ1) is 16.9. The summed E-state index contributed by atoms with van der Waals surface area (Å²) in [6, 6.07) is 7.22. The van der Waals surface area contributed by atoms with Crippen molar-refractivity contribution in [1.82, 2.24) is 19.3 Å². The molecule has 9 heteroatoms. The van der Waals surface area contributed by atoms with E-state index in [1.54, 1.807) is 26.2 Å². The van der Waals surface area contributed by atoms with E-state index in [4.69, 9.17) is 4.74 Å². The molecule has 1 aromatic carbocycles. The normalized spacial score (nSPS) is 12.0. The average Bonchev–Trinajstić information content (AvgIpc) is 3.09. The summed E-state index contributed by atoms with van der Waals surface area (Å²) in [5, 5.41) is 5.28. The zero-order valence-corrected chi connectivity index (χ0v) is 15.2. The lowest BCUT2D eigenvalue weighted by Gasteiger charge is -2.07. The molecule has 7 nitrogen and oxygen atoms in total. The highest BCUT2D eigenvalue weighted by Gasteiger charge is 2.25. The Kier molecular flexibility index (Phi) is 4.57. The summed E-state index contributed by atoms with van der Waals surface area (Å²) in [5.41, 5.74) is 1.28. The van der Waals surface area contributed by atoms with Crippen LogP contribution in [0.3, 0.4) is 0 Å². The zero-order chi connectivity index (χ0) is 17.3. The van der Waals surface area contributed by atoms with Crippen LogP contribution in [-0.2, 0) is 23.0 Å². The maximum Gasteiger partial charge on any atom is 0.260 e. The Morgan fingerprint density at radius 1 is 1.29 bits per heavy atom. The molecule has 0 radical (unpaired) electrons. The Bertz CT molecular complexity index is 959. The largest absolute Gasteiger partial charge is 0.497 e. The number of sulfonamides is 1. The number of imidazole rings is 1. The molecule has 0 aliphatic carbocycles. The molecule has 1 N–H and O–H groups in total. The van der Waals surface area contributed by atoms with Gasteiger partial charge < -0.3 is 4.74 Å². The Hall–Kier alpha value is -1.97. The maximum absolute atomic E-state index is 12.7. The Balaban J connectivity index is 1.87. The number of hydrogen-bond acceptors (Lipinski definition) is 6. The van der Waals surface area contributed by atoms with Crippen LogP contribution in [0.5, 0.6) is 5.75 Å². The fourth-order valence-corrected chi connectivity index (χ4v) is 4.53. The van der Waals surface area contributed by atoms with Gasteiger partial charge >= 0.3 is 0 Å². The van der Waals surface area contributed by atoms with Gasteiger partial charge in [0.2, 0.25) is 4.96 Å². The molecule has 0 bridgehead atoms. The van der Waals surface area contributed by atoms with Crippen molar-refractivity contribution in [3.63, 3.8) is 0 Å². The van der Waals surface area contributed by atoms with Crippen molar-refractivity contribution < 1.29 is 13.2 Å². The third kappa shape index (κ3) is 3.14. The van der Waals surface area contributed by atoms with Crippen LogP contribution in [0, 0.1) is 6.92 Å². The number of benzene rings is 1. The van der Waals surface area contributed by atoms with Gasteiger partial charge in [0.25, 0.3) is 10.0 Å². The molecule has 0 aliphatic rings. The minimum absolute atomic E-state index is 0.0990. The molecule has 0 aliphatic heterocycles. The topological polar surface area (TPSA) is 85.6 Å². The lowest BCUT2D eigenvalue weighted by molar-refractivity contribution is 0.414. The second kappa shape index (κ2) is 6.50.